The van der Waals surface area contributed by atoms with Gasteiger partial charge < -0.3 is 29.0 Å². The first kappa shape index (κ1) is 38.2. The minimum Gasteiger partial charge on any atom is -0.494 e. The Labute approximate surface area is 293 Å². The SMILES string of the molecule is CCOc1cc(C(=O)OC)cc(N(COC)C(=O)c2cccnc2Cl)c1.CCOc1cc(NC(=O)c2cccnc2Cl)cc(C(=O)OC)c1. The third kappa shape index (κ3) is 10.6. The zero-order valence-corrected chi connectivity index (χ0v) is 28.8. The second kappa shape index (κ2) is 18.9. The fraction of sp³-hybridized carbons (Fsp3) is 0.235. The van der Waals surface area contributed by atoms with Gasteiger partial charge in [0.2, 0.25) is 0 Å². The van der Waals surface area contributed by atoms with Gasteiger partial charge in [-0.15, -0.1) is 0 Å². The molecule has 13 nitrogen and oxygen atoms in total. The molecule has 49 heavy (non-hydrogen) atoms. The van der Waals surface area contributed by atoms with Crippen LogP contribution >= 0.6 is 23.2 Å². The number of methoxy groups -OCH3 is 3. The lowest BCUT2D eigenvalue weighted by Crippen LogP contribution is -2.33. The number of esters is 2. The zero-order valence-electron chi connectivity index (χ0n) is 27.3. The van der Waals surface area contributed by atoms with E-state index in [0.29, 0.717) is 36.1 Å². The van der Waals surface area contributed by atoms with Crippen LogP contribution in [0.1, 0.15) is 55.3 Å². The highest BCUT2D eigenvalue weighted by atomic mass is 35.5. The van der Waals surface area contributed by atoms with E-state index in [2.05, 4.69) is 15.3 Å². The molecule has 0 aliphatic rings. The lowest BCUT2D eigenvalue weighted by Gasteiger charge is -2.23. The van der Waals surface area contributed by atoms with Gasteiger partial charge in [0.15, 0.2) is 0 Å². The van der Waals surface area contributed by atoms with Gasteiger partial charge in [-0.3, -0.25) is 14.5 Å². The van der Waals surface area contributed by atoms with Crippen LogP contribution in [0, 0.1) is 0 Å². The molecule has 0 spiro atoms. The maximum absolute atomic E-state index is 12.9. The summed E-state index contributed by atoms with van der Waals surface area (Å²) in [7, 11) is 4.02. The highest BCUT2D eigenvalue weighted by Gasteiger charge is 2.23. The van der Waals surface area contributed by atoms with Crippen LogP contribution in [0.3, 0.4) is 0 Å². The normalized spacial score (nSPS) is 10.2. The average molecular weight is 714 g/mol. The number of hydrogen-bond donors (Lipinski definition) is 1. The molecule has 0 aliphatic heterocycles. The molecule has 4 rings (SSSR count). The van der Waals surface area contributed by atoms with E-state index >= 15 is 0 Å². The number of amides is 2. The van der Waals surface area contributed by atoms with Crippen LogP contribution in [-0.2, 0) is 14.2 Å². The predicted molar refractivity (Wildman–Crippen MR) is 183 cm³/mol. The molecule has 2 heterocycles. The first-order valence-corrected chi connectivity index (χ1v) is 15.4. The Balaban J connectivity index is 0.000000267. The quantitative estimate of drug-likeness (QED) is 0.0993. The number of hydrogen-bond acceptors (Lipinski definition) is 11. The Hall–Kier alpha value is -5.24. The number of anilines is 2. The number of ether oxygens (including phenoxy) is 5. The Bertz CT molecular complexity index is 1790. The molecule has 2 aromatic heterocycles. The van der Waals surface area contributed by atoms with Crippen molar-refractivity contribution in [1.29, 1.82) is 0 Å². The van der Waals surface area contributed by atoms with Crippen molar-refractivity contribution in [2.75, 3.05) is 51.5 Å². The van der Waals surface area contributed by atoms with Crippen LogP contribution in [-0.4, -0.2) is 75.0 Å². The van der Waals surface area contributed by atoms with E-state index in [1.807, 2.05) is 13.8 Å². The molecule has 0 aliphatic carbocycles. The van der Waals surface area contributed by atoms with Crippen LogP contribution in [0.25, 0.3) is 0 Å². The van der Waals surface area contributed by atoms with Crippen LogP contribution in [0.15, 0.2) is 73.1 Å². The average Bonchev–Trinajstić information content (AvgIpc) is 3.10. The van der Waals surface area contributed by atoms with Gasteiger partial charge in [0.1, 0.15) is 28.5 Å². The summed E-state index contributed by atoms with van der Waals surface area (Å²) in [6.45, 7) is 4.40. The fourth-order valence-electron chi connectivity index (χ4n) is 4.21. The molecule has 4 aromatic rings. The van der Waals surface area contributed by atoms with Crippen molar-refractivity contribution in [1.82, 2.24) is 9.97 Å². The van der Waals surface area contributed by atoms with Gasteiger partial charge >= 0.3 is 11.9 Å². The third-order valence-corrected chi connectivity index (χ3v) is 6.93. The number of carbonyl (C=O) groups excluding carboxylic acids is 4. The lowest BCUT2D eigenvalue weighted by molar-refractivity contribution is 0.0591. The molecule has 0 unspecified atom stereocenters. The van der Waals surface area contributed by atoms with Crippen LogP contribution in [0.2, 0.25) is 10.3 Å². The summed E-state index contributed by atoms with van der Waals surface area (Å²) in [5.74, 6) is -1.06. The van der Waals surface area contributed by atoms with E-state index in [1.54, 1.807) is 48.5 Å². The fourth-order valence-corrected chi connectivity index (χ4v) is 4.61. The van der Waals surface area contributed by atoms with Gasteiger partial charge in [-0.05, 0) is 62.4 Å². The molecule has 0 radical (unpaired) electrons. The van der Waals surface area contributed by atoms with Crippen molar-refractivity contribution in [2.24, 2.45) is 0 Å². The van der Waals surface area contributed by atoms with Crippen molar-refractivity contribution >= 4 is 58.3 Å². The van der Waals surface area contributed by atoms with E-state index < -0.39 is 23.8 Å². The number of nitrogens with zero attached hydrogens (tertiary/aromatic N) is 3. The number of pyridine rings is 2. The highest BCUT2D eigenvalue weighted by Crippen LogP contribution is 2.28. The second-order valence-electron chi connectivity index (χ2n) is 9.60. The Morgan fingerprint density at radius 1 is 0.735 bits per heavy atom. The molecular weight excluding hydrogens is 679 g/mol. The maximum Gasteiger partial charge on any atom is 0.338 e. The van der Waals surface area contributed by atoms with E-state index in [9.17, 15) is 19.2 Å². The minimum atomic E-state index is -0.544. The van der Waals surface area contributed by atoms with Gasteiger partial charge in [0, 0.05) is 37.3 Å². The van der Waals surface area contributed by atoms with E-state index in [-0.39, 0.29) is 39.3 Å². The van der Waals surface area contributed by atoms with Gasteiger partial charge in [-0.25, -0.2) is 19.6 Å². The van der Waals surface area contributed by atoms with Gasteiger partial charge in [0.25, 0.3) is 11.8 Å². The number of rotatable bonds is 12. The van der Waals surface area contributed by atoms with Gasteiger partial charge in [-0.1, -0.05) is 23.2 Å². The molecule has 2 aromatic carbocycles. The van der Waals surface area contributed by atoms with E-state index in [1.165, 1.54) is 50.8 Å². The highest BCUT2D eigenvalue weighted by molar-refractivity contribution is 6.33. The Morgan fingerprint density at radius 3 is 1.78 bits per heavy atom. The summed E-state index contributed by atoms with van der Waals surface area (Å²) >= 11 is 11.9. The van der Waals surface area contributed by atoms with Gasteiger partial charge in [-0.2, -0.15) is 0 Å². The summed E-state index contributed by atoms with van der Waals surface area (Å²) in [5.41, 5.74) is 1.76. The second-order valence-corrected chi connectivity index (χ2v) is 10.3. The molecular formula is C34H34Cl2N4O9. The number of halogens is 2. The lowest BCUT2D eigenvalue weighted by atomic mass is 10.1. The molecule has 258 valence electrons. The molecule has 0 atom stereocenters. The molecule has 0 bridgehead atoms. The number of carbonyl (C=O) groups is 4. The van der Waals surface area contributed by atoms with Gasteiger partial charge in [0.05, 0.1) is 55.4 Å². The first-order chi connectivity index (χ1) is 23.6. The van der Waals surface area contributed by atoms with Crippen LogP contribution in [0.4, 0.5) is 11.4 Å². The molecule has 15 heteroatoms. The summed E-state index contributed by atoms with van der Waals surface area (Å²) in [4.78, 5) is 58.0. The maximum atomic E-state index is 12.9. The van der Waals surface area contributed by atoms with Crippen LogP contribution in [0.5, 0.6) is 11.5 Å². The van der Waals surface area contributed by atoms with E-state index in [4.69, 9.17) is 46.9 Å². The smallest absolute Gasteiger partial charge is 0.338 e. The van der Waals surface area contributed by atoms with E-state index in [0.717, 1.165) is 0 Å². The predicted octanol–water partition coefficient (Wildman–Crippen LogP) is 6.34. The van der Waals surface area contributed by atoms with Crippen LogP contribution < -0.4 is 19.7 Å². The monoisotopic (exact) mass is 712 g/mol. The molecule has 0 saturated carbocycles. The van der Waals surface area contributed by atoms with Crippen molar-refractivity contribution < 1.29 is 42.9 Å². The summed E-state index contributed by atoms with van der Waals surface area (Å²) in [6, 6.07) is 15.7. The first-order valence-electron chi connectivity index (χ1n) is 14.6. The summed E-state index contributed by atoms with van der Waals surface area (Å²) in [5, 5.41) is 2.84. The number of nitrogens with one attached hydrogen (secondary N) is 1. The van der Waals surface area contributed by atoms with Crippen molar-refractivity contribution in [3.05, 3.63) is 106 Å². The molecule has 0 saturated heterocycles. The molecule has 1 N–H and O–H groups in total. The standard InChI is InChI=1S/C18H19ClN2O5.C16H15ClN2O4/c1-4-26-14-9-12(18(23)25-3)8-13(10-14)21(11-24-2)17(22)15-6-5-7-20-16(15)19;1-3-23-12-8-10(16(21)22-2)7-11(9-12)19-15(20)13-5-4-6-18-14(13)17/h5-10H,4,11H2,1-3H3;4-9H,3H2,1-2H3,(H,19,20). The topological polar surface area (TPSA) is 155 Å². The largest absolute Gasteiger partial charge is 0.494 e. The number of benzene rings is 2. The van der Waals surface area contributed by atoms with Crippen molar-refractivity contribution in [3.63, 3.8) is 0 Å². The van der Waals surface area contributed by atoms with Crippen molar-refractivity contribution in [3.8, 4) is 11.5 Å². The molecule has 0 fully saturated rings. The summed E-state index contributed by atoms with van der Waals surface area (Å²) < 4.78 is 25.5. The molecule has 2 amide bonds. The third-order valence-electron chi connectivity index (χ3n) is 6.33. The minimum absolute atomic E-state index is 0.0553. The van der Waals surface area contributed by atoms with Crippen molar-refractivity contribution in [2.45, 2.75) is 13.8 Å². The zero-order chi connectivity index (χ0) is 35.9. The number of aromatic nitrogens is 2. The summed E-state index contributed by atoms with van der Waals surface area (Å²) in [6.07, 6.45) is 2.98. The Morgan fingerprint density at radius 2 is 1.27 bits per heavy atom. The Kier molecular flexibility index (Phi) is 14.8.